The number of rotatable bonds is 6. The molecule has 0 saturated heterocycles. The number of benzene rings is 1. The molecule has 4 nitrogen and oxygen atoms in total. The van der Waals surface area contributed by atoms with Crippen molar-refractivity contribution in [2.24, 2.45) is 5.84 Å². The molecule has 0 aliphatic carbocycles. The van der Waals surface area contributed by atoms with E-state index in [2.05, 4.69) is 10.7 Å². The highest BCUT2D eigenvalue weighted by Crippen LogP contribution is 2.19. The summed E-state index contributed by atoms with van der Waals surface area (Å²) in [5.41, 5.74) is 3.33. The van der Waals surface area contributed by atoms with Gasteiger partial charge in [0, 0.05) is 6.54 Å². The lowest BCUT2D eigenvalue weighted by atomic mass is 10.1. The van der Waals surface area contributed by atoms with Crippen LogP contribution in [0, 0.1) is 5.82 Å². The van der Waals surface area contributed by atoms with Crippen molar-refractivity contribution in [1.29, 1.82) is 0 Å². The molecule has 4 N–H and O–H groups in total. The Morgan fingerprint density at radius 3 is 2.93 bits per heavy atom. The molecule has 0 spiro atoms. The maximum atomic E-state index is 13.0. The SMILES string of the molecule is COc1ccc(F)cc1CCNCNN. The molecule has 5 heteroatoms. The molecule has 0 radical (unpaired) electrons. The van der Waals surface area contributed by atoms with E-state index >= 15 is 0 Å². The van der Waals surface area contributed by atoms with Gasteiger partial charge in [0.25, 0.3) is 0 Å². The van der Waals surface area contributed by atoms with Gasteiger partial charge in [-0.05, 0) is 30.2 Å². The van der Waals surface area contributed by atoms with Crippen LogP contribution in [0.25, 0.3) is 0 Å². The summed E-state index contributed by atoms with van der Waals surface area (Å²) in [6, 6.07) is 4.50. The molecular weight excluding hydrogens is 197 g/mol. The van der Waals surface area contributed by atoms with E-state index in [1.165, 1.54) is 12.1 Å². The second kappa shape index (κ2) is 6.34. The second-order valence-corrected chi connectivity index (χ2v) is 3.09. The number of halogens is 1. The van der Waals surface area contributed by atoms with Gasteiger partial charge in [0.1, 0.15) is 11.6 Å². The number of hydrogen-bond acceptors (Lipinski definition) is 4. The van der Waals surface area contributed by atoms with Crippen molar-refractivity contribution in [3.63, 3.8) is 0 Å². The molecule has 0 unspecified atom stereocenters. The predicted octanol–water partition coefficient (Wildman–Crippen LogP) is 0.387. The van der Waals surface area contributed by atoms with E-state index < -0.39 is 0 Å². The molecule has 1 aromatic carbocycles. The van der Waals surface area contributed by atoms with Crippen molar-refractivity contribution in [3.05, 3.63) is 29.6 Å². The Morgan fingerprint density at radius 1 is 1.47 bits per heavy atom. The Labute approximate surface area is 88.6 Å². The first-order valence-electron chi connectivity index (χ1n) is 4.74. The molecule has 0 saturated carbocycles. The fraction of sp³-hybridized carbons (Fsp3) is 0.400. The van der Waals surface area contributed by atoms with Crippen LogP contribution < -0.4 is 21.3 Å². The van der Waals surface area contributed by atoms with E-state index in [1.807, 2.05) is 0 Å². The van der Waals surface area contributed by atoms with E-state index in [-0.39, 0.29) is 5.82 Å². The van der Waals surface area contributed by atoms with Gasteiger partial charge in [-0.1, -0.05) is 0 Å². The molecule has 15 heavy (non-hydrogen) atoms. The van der Waals surface area contributed by atoms with Gasteiger partial charge in [-0.15, -0.1) is 0 Å². The maximum Gasteiger partial charge on any atom is 0.123 e. The molecule has 0 amide bonds. The van der Waals surface area contributed by atoms with Crippen LogP contribution in [0.3, 0.4) is 0 Å². The molecule has 1 aromatic rings. The third kappa shape index (κ3) is 3.83. The first kappa shape index (κ1) is 11.9. The minimum Gasteiger partial charge on any atom is -0.496 e. The number of methoxy groups -OCH3 is 1. The van der Waals surface area contributed by atoms with Gasteiger partial charge in [-0.3, -0.25) is 5.84 Å². The van der Waals surface area contributed by atoms with Gasteiger partial charge in [0.05, 0.1) is 13.8 Å². The van der Waals surface area contributed by atoms with Crippen LogP contribution in [0.15, 0.2) is 18.2 Å². The molecule has 84 valence electrons. The Balaban J connectivity index is 2.54. The summed E-state index contributed by atoms with van der Waals surface area (Å²) in [6.45, 7) is 1.24. The van der Waals surface area contributed by atoms with Crippen molar-refractivity contribution in [2.75, 3.05) is 20.3 Å². The second-order valence-electron chi connectivity index (χ2n) is 3.09. The maximum absolute atomic E-state index is 13.0. The average molecular weight is 213 g/mol. The van der Waals surface area contributed by atoms with Crippen LogP contribution >= 0.6 is 0 Å². The minimum atomic E-state index is -0.247. The molecular formula is C10H16FN3O. The van der Waals surface area contributed by atoms with Crippen molar-refractivity contribution in [3.8, 4) is 5.75 Å². The number of ether oxygens (including phenoxy) is 1. The lowest BCUT2D eigenvalue weighted by Crippen LogP contribution is -2.34. The molecule has 0 heterocycles. The normalized spacial score (nSPS) is 10.3. The van der Waals surface area contributed by atoms with Crippen molar-refractivity contribution in [2.45, 2.75) is 6.42 Å². The number of hydrazine groups is 1. The summed E-state index contributed by atoms with van der Waals surface area (Å²) in [7, 11) is 1.58. The standard InChI is InChI=1S/C10H16FN3O/c1-15-10-3-2-9(11)6-8(10)4-5-13-7-14-12/h2-3,6,13-14H,4-5,7,12H2,1H3. The number of nitrogens with two attached hydrogens (primary N) is 1. The predicted molar refractivity (Wildman–Crippen MR) is 56.8 cm³/mol. The van der Waals surface area contributed by atoms with Crippen LogP contribution in [0.5, 0.6) is 5.75 Å². The fourth-order valence-corrected chi connectivity index (χ4v) is 1.33. The third-order valence-corrected chi connectivity index (χ3v) is 2.04. The zero-order chi connectivity index (χ0) is 11.1. The summed E-state index contributed by atoms with van der Waals surface area (Å²) in [6.07, 6.45) is 0.697. The van der Waals surface area contributed by atoms with Gasteiger partial charge in [0.15, 0.2) is 0 Å². The smallest absolute Gasteiger partial charge is 0.123 e. The third-order valence-electron chi connectivity index (χ3n) is 2.04. The van der Waals surface area contributed by atoms with Crippen LogP contribution in [-0.4, -0.2) is 20.3 Å². The first-order valence-corrected chi connectivity index (χ1v) is 4.74. The summed E-state index contributed by atoms with van der Waals surface area (Å²) in [5, 5.41) is 3.04. The number of nitrogens with one attached hydrogen (secondary N) is 2. The van der Waals surface area contributed by atoms with Crippen LogP contribution in [0.4, 0.5) is 4.39 Å². The van der Waals surface area contributed by atoms with Gasteiger partial charge >= 0.3 is 0 Å². The average Bonchev–Trinajstić information content (AvgIpc) is 2.25. The number of hydrogen-bond donors (Lipinski definition) is 3. The van der Waals surface area contributed by atoms with Crippen molar-refractivity contribution >= 4 is 0 Å². The zero-order valence-electron chi connectivity index (χ0n) is 8.72. The lowest BCUT2D eigenvalue weighted by Gasteiger charge is -2.09. The highest BCUT2D eigenvalue weighted by Gasteiger charge is 2.03. The van der Waals surface area contributed by atoms with E-state index in [1.54, 1.807) is 13.2 Å². The van der Waals surface area contributed by atoms with E-state index in [0.29, 0.717) is 25.4 Å². The Kier molecular flexibility index (Phi) is 5.03. The van der Waals surface area contributed by atoms with Gasteiger partial charge < -0.3 is 10.1 Å². The molecule has 0 aromatic heterocycles. The molecule has 0 bridgehead atoms. The molecule has 0 fully saturated rings. The summed E-state index contributed by atoms with van der Waals surface area (Å²) in [4.78, 5) is 0. The minimum absolute atomic E-state index is 0.247. The van der Waals surface area contributed by atoms with E-state index in [9.17, 15) is 4.39 Å². The quantitative estimate of drug-likeness (QED) is 0.277. The summed E-state index contributed by atoms with van der Waals surface area (Å²) < 4.78 is 18.1. The highest BCUT2D eigenvalue weighted by atomic mass is 19.1. The topological polar surface area (TPSA) is 59.3 Å². The van der Waals surface area contributed by atoms with Crippen molar-refractivity contribution < 1.29 is 9.13 Å². The van der Waals surface area contributed by atoms with Gasteiger partial charge in [0.2, 0.25) is 0 Å². The van der Waals surface area contributed by atoms with E-state index in [4.69, 9.17) is 10.6 Å². The van der Waals surface area contributed by atoms with Crippen molar-refractivity contribution in [1.82, 2.24) is 10.7 Å². The van der Waals surface area contributed by atoms with E-state index in [0.717, 1.165) is 5.56 Å². The Morgan fingerprint density at radius 2 is 2.27 bits per heavy atom. The molecule has 0 atom stereocenters. The Bertz CT molecular complexity index is 307. The van der Waals surface area contributed by atoms with Crippen LogP contribution in [-0.2, 0) is 6.42 Å². The first-order chi connectivity index (χ1) is 7.27. The monoisotopic (exact) mass is 213 g/mol. The van der Waals surface area contributed by atoms with Gasteiger partial charge in [-0.25, -0.2) is 9.82 Å². The summed E-state index contributed by atoms with van der Waals surface area (Å²) >= 11 is 0. The van der Waals surface area contributed by atoms with Crippen LogP contribution in [0.1, 0.15) is 5.56 Å². The molecule has 0 aliphatic heterocycles. The summed E-state index contributed by atoms with van der Waals surface area (Å²) in [5.74, 6) is 5.55. The Hall–Kier alpha value is -1.17. The lowest BCUT2D eigenvalue weighted by molar-refractivity contribution is 0.407. The highest BCUT2D eigenvalue weighted by molar-refractivity contribution is 5.34. The van der Waals surface area contributed by atoms with Gasteiger partial charge in [-0.2, -0.15) is 0 Å². The molecule has 1 rings (SSSR count). The largest absolute Gasteiger partial charge is 0.496 e. The van der Waals surface area contributed by atoms with Crippen LogP contribution in [0.2, 0.25) is 0 Å². The zero-order valence-corrected chi connectivity index (χ0v) is 8.72. The fourth-order valence-electron chi connectivity index (χ4n) is 1.33. The molecule has 0 aliphatic rings.